The van der Waals surface area contributed by atoms with Gasteiger partial charge in [-0.25, -0.2) is 0 Å². The summed E-state index contributed by atoms with van der Waals surface area (Å²) in [5, 5.41) is 9.35. The summed E-state index contributed by atoms with van der Waals surface area (Å²) in [6.45, 7) is 1.98. The number of aliphatic hydroxyl groups excluding tert-OH is 1. The number of hydrogen-bond acceptors (Lipinski definition) is 2. The van der Waals surface area contributed by atoms with Crippen LogP contribution in [0.2, 0.25) is 0 Å². The molecule has 0 bridgehead atoms. The fourth-order valence-corrected chi connectivity index (χ4v) is 1.29. The first kappa shape index (κ1) is 7.76. The summed E-state index contributed by atoms with van der Waals surface area (Å²) in [6.07, 6.45) is 4.71. The summed E-state index contributed by atoms with van der Waals surface area (Å²) >= 11 is 0. The number of aliphatic hydroxyl groups is 1. The molecule has 0 radical (unpaired) electrons. The highest BCUT2D eigenvalue weighted by Crippen LogP contribution is 2.22. The molecule has 0 spiro atoms. The molecule has 1 aliphatic rings. The summed E-state index contributed by atoms with van der Waals surface area (Å²) in [5.41, 5.74) is 0. The third-order valence-corrected chi connectivity index (χ3v) is 2.09. The van der Waals surface area contributed by atoms with Gasteiger partial charge in [0.05, 0.1) is 12.2 Å². The molecule has 3 unspecified atom stereocenters. The molecular weight excluding hydrogens is 128 g/mol. The van der Waals surface area contributed by atoms with Gasteiger partial charge >= 0.3 is 0 Å². The molecule has 2 nitrogen and oxygen atoms in total. The molecule has 0 amide bonds. The Balaban J connectivity index is 2.46. The van der Waals surface area contributed by atoms with Crippen LogP contribution in [0.4, 0.5) is 0 Å². The number of hydrogen-bond donors (Lipinski definition) is 1. The molecule has 1 rings (SSSR count). The molecule has 0 saturated heterocycles. The summed E-state index contributed by atoms with van der Waals surface area (Å²) in [6, 6.07) is 0. The van der Waals surface area contributed by atoms with Crippen LogP contribution < -0.4 is 0 Å². The predicted octanol–water partition coefficient (Wildman–Crippen LogP) is 0.958. The lowest BCUT2D eigenvalue weighted by atomic mass is 10.0. The van der Waals surface area contributed by atoms with Crippen molar-refractivity contribution in [1.82, 2.24) is 0 Å². The van der Waals surface area contributed by atoms with Gasteiger partial charge in [0.15, 0.2) is 0 Å². The first-order valence-corrected chi connectivity index (χ1v) is 3.63. The lowest BCUT2D eigenvalue weighted by molar-refractivity contribution is 0.0256. The molecule has 0 aromatic rings. The van der Waals surface area contributed by atoms with Gasteiger partial charge in [0, 0.05) is 13.0 Å². The van der Waals surface area contributed by atoms with Gasteiger partial charge in [-0.05, 0) is 13.3 Å². The topological polar surface area (TPSA) is 29.5 Å². The largest absolute Gasteiger partial charge is 0.392 e. The monoisotopic (exact) mass is 142 g/mol. The van der Waals surface area contributed by atoms with E-state index in [1.54, 1.807) is 7.11 Å². The highest BCUT2D eigenvalue weighted by molar-refractivity contribution is 5.03. The van der Waals surface area contributed by atoms with E-state index in [1.165, 1.54) is 0 Å². The second-order valence-electron chi connectivity index (χ2n) is 2.75. The zero-order chi connectivity index (χ0) is 7.56. The lowest BCUT2D eigenvalue weighted by Crippen LogP contribution is -2.26. The summed E-state index contributed by atoms with van der Waals surface area (Å²) < 4.78 is 5.09. The van der Waals surface area contributed by atoms with Crippen molar-refractivity contribution in [3.8, 4) is 0 Å². The van der Waals surface area contributed by atoms with Gasteiger partial charge in [0.1, 0.15) is 0 Å². The van der Waals surface area contributed by atoms with E-state index in [2.05, 4.69) is 0 Å². The van der Waals surface area contributed by atoms with Crippen molar-refractivity contribution in [2.45, 2.75) is 25.6 Å². The van der Waals surface area contributed by atoms with Crippen LogP contribution in [0.1, 0.15) is 13.3 Å². The quantitative estimate of drug-likeness (QED) is 0.582. The van der Waals surface area contributed by atoms with E-state index in [1.807, 2.05) is 19.1 Å². The Kier molecular flexibility index (Phi) is 2.46. The molecule has 1 aliphatic carbocycles. The van der Waals surface area contributed by atoms with Crippen molar-refractivity contribution in [1.29, 1.82) is 0 Å². The van der Waals surface area contributed by atoms with Gasteiger partial charge in [0.2, 0.25) is 0 Å². The summed E-state index contributed by atoms with van der Waals surface area (Å²) in [5.74, 6) is 0.199. The Morgan fingerprint density at radius 1 is 1.70 bits per heavy atom. The molecular formula is C8H14O2. The van der Waals surface area contributed by atoms with Crippen LogP contribution in [0.3, 0.4) is 0 Å². The molecule has 0 fully saturated rings. The molecule has 0 aromatic heterocycles. The first-order chi connectivity index (χ1) is 4.75. The maximum Gasteiger partial charge on any atom is 0.0661 e. The Bertz CT molecular complexity index is 131. The third-order valence-electron chi connectivity index (χ3n) is 2.09. The Labute approximate surface area is 61.5 Å². The van der Waals surface area contributed by atoms with Crippen molar-refractivity contribution < 1.29 is 9.84 Å². The summed E-state index contributed by atoms with van der Waals surface area (Å²) in [4.78, 5) is 0. The van der Waals surface area contributed by atoms with E-state index >= 15 is 0 Å². The van der Waals surface area contributed by atoms with Gasteiger partial charge in [-0.1, -0.05) is 12.2 Å². The van der Waals surface area contributed by atoms with Gasteiger partial charge in [0.25, 0.3) is 0 Å². The van der Waals surface area contributed by atoms with Gasteiger partial charge in [-0.15, -0.1) is 0 Å². The van der Waals surface area contributed by atoms with Crippen molar-refractivity contribution in [3.63, 3.8) is 0 Å². The molecule has 0 aromatic carbocycles. The van der Waals surface area contributed by atoms with E-state index in [-0.39, 0.29) is 18.1 Å². The van der Waals surface area contributed by atoms with E-state index in [4.69, 9.17) is 4.74 Å². The minimum absolute atomic E-state index is 0.133. The standard InChI is InChI=1S/C8H14O2/c1-6(10-2)7-4-3-5-8(7)9/h3-4,6-9H,5H2,1-2H3. The highest BCUT2D eigenvalue weighted by Gasteiger charge is 2.25. The molecule has 3 atom stereocenters. The van der Waals surface area contributed by atoms with Crippen LogP contribution in [0.25, 0.3) is 0 Å². The molecule has 10 heavy (non-hydrogen) atoms. The smallest absolute Gasteiger partial charge is 0.0661 e. The molecule has 0 saturated carbocycles. The van der Waals surface area contributed by atoms with E-state index < -0.39 is 0 Å². The van der Waals surface area contributed by atoms with Crippen molar-refractivity contribution in [3.05, 3.63) is 12.2 Å². The Morgan fingerprint density at radius 2 is 2.40 bits per heavy atom. The zero-order valence-electron chi connectivity index (χ0n) is 6.45. The van der Waals surface area contributed by atoms with Crippen LogP contribution in [-0.4, -0.2) is 24.4 Å². The second kappa shape index (κ2) is 3.17. The number of ether oxygens (including phenoxy) is 1. The van der Waals surface area contributed by atoms with Crippen molar-refractivity contribution >= 4 is 0 Å². The summed E-state index contributed by atoms with van der Waals surface area (Å²) in [7, 11) is 1.67. The number of rotatable bonds is 2. The fourth-order valence-electron chi connectivity index (χ4n) is 1.29. The first-order valence-electron chi connectivity index (χ1n) is 3.63. The van der Waals surface area contributed by atoms with Gasteiger partial charge in [-0.2, -0.15) is 0 Å². The predicted molar refractivity (Wildman–Crippen MR) is 39.7 cm³/mol. The average Bonchev–Trinajstić information content (AvgIpc) is 2.34. The maximum absolute atomic E-state index is 9.35. The Morgan fingerprint density at radius 3 is 2.80 bits per heavy atom. The van der Waals surface area contributed by atoms with Crippen LogP contribution >= 0.6 is 0 Å². The lowest BCUT2D eigenvalue weighted by Gasteiger charge is -2.19. The van der Waals surface area contributed by atoms with Gasteiger partial charge < -0.3 is 9.84 Å². The second-order valence-corrected chi connectivity index (χ2v) is 2.75. The van der Waals surface area contributed by atoms with Crippen molar-refractivity contribution in [2.75, 3.05) is 7.11 Å². The minimum Gasteiger partial charge on any atom is -0.392 e. The fraction of sp³-hybridized carbons (Fsp3) is 0.750. The van der Waals surface area contributed by atoms with Gasteiger partial charge in [-0.3, -0.25) is 0 Å². The SMILES string of the molecule is COC(C)C1C=CCC1O. The van der Waals surface area contributed by atoms with Crippen LogP contribution in [0.5, 0.6) is 0 Å². The van der Waals surface area contributed by atoms with E-state index in [0.717, 1.165) is 6.42 Å². The van der Waals surface area contributed by atoms with Crippen molar-refractivity contribution in [2.24, 2.45) is 5.92 Å². The third kappa shape index (κ3) is 1.39. The van der Waals surface area contributed by atoms with Crippen LogP contribution in [-0.2, 0) is 4.74 Å². The highest BCUT2D eigenvalue weighted by atomic mass is 16.5. The minimum atomic E-state index is -0.227. The average molecular weight is 142 g/mol. The number of methoxy groups -OCH3 is 1. The van der Waals surface area contributed by atoms with E-state index in [9.17, 15) is 5.11 Å². The molecule has 0 heterocycles. The molecule has 0 aliphatic heterocycles. The molecule has 58 valence electrons. The molecule has 1 N–H and O–H groups in total. The normalized spacial score (nSPS) is 34.7. The zero-order valence-corrected chi connectivity index (χ0v) is 6.45. The van der Waals surface area contributed by atoms with E-state index in [0.29, 0.717) is 0 Å². The van der Waals surface area contributed by atoms with Crippen LogP contribution in [0, 0.1) is 5.92 Å². The maximum atomic E-state index is 9.35. The Hall–Kier alpha value is -0.340. The van der Waals surface area contributed by atoms with Crippen LogP contribution in [0.15, 0.2) is 12.2 Å². The molecule has 2 heteroatoms.